The van der Waals surface area contributed by atoms with Crippen molar-refractivity contribution in [3.63, 3.8) is 0 Å². The molecule has 0 spiro atoms. The topological polar surface area (TPSA) is 127 Å². The number of fused-ring (bicyclic) bond motifs is 1. The fraction of sp³-hybridized carbons (Fsp3) is 0.636. The Morgan fingerprint density at radius 2 is 2.40 bits per heavy atom. The van der Waals surface area contributed by atoms with Gasteiger partial charge in [-0.3, -0.25) is 4.79 Å². The van der Waals surface area contributed by atoms with Crippen molar-refractivity contribution in [3.8, 4) is 0 Å². The first-order valence-corrected chi connectivity index (χ1v) is 7.19. The Balaban J connectivity index is 2.13. The summed E-state index contributed by atoms with van der Waals surface area (Å²) in [4.78, 5) is 27.1. The number of carboxylic acids is 1. The normalized spacial score (nSPS) is 25.9. The number of amides is 1. The van der Waals surface area contributed by atoms with E-state index in [9.17, 15) is 19.8 Å². The van der Waals surface area contributed by atoms with Crippen LogP contribution in [0, 0.1) is 5.92 Å². The molecule has 2 N–H and O–H groups in total. The summed E-state index contributed by atoms with van der Waals surface area (Å²) < 4.78 is 0. The number of hydrogen-bond donors (Lipinski definition) is 2. The molecule has 0 saturated carbocycles. The van der Waals surface area contributed by atoms with Gasteiger partial charge >= 0.3 is 5.97 Å². The molecule has 8 nitrogen and oxygen atoms in total. The second kappa shape index (κ2) is 5.74. The second-order valence-corrected chi connectivity index (χ2v) is 5.67. The molecule has 2 rings (SSSR count). The van der Waals surface area contributed by atoms with Crippen LogP contribution in [-0.2, 0) is 9.59 Å². The Hall–Kier alpha value is -1.70. The Morgan fingerprint density at radius 3 is 2.95 bits per heavy atom. The standard InChI is InChI=1S/C11H14N4O4S/c1-5(16)8-7-2-6(3-20-4-13-14-12)9(11(18)19)15(7)10(8)17/h5,7-8,16H,2-4H2,1H3,(H,18,19). The fourth-order valence-corrected chi connectivity index (χ4v) is 3.45. The van der Waals surface area contributed by atoms with Gasteiger partial charge in [-0.1, -0.05) is 5.11 Å². The monoisotopic (exact) mass is 298 g/mol. The summed E-state index contributed by atoms with van der Waals surface area (Å²) >= 11 is 1.30. The second-order valence-electron chi connectivity index (χ2n) is 4.71. The molecular formula is C11H14N4O4S. The van der Waals surface area contributed by atoms with Crippen LogP contribution in [0.5, 0.6) is 0 Å². The number of aliphatic hydroxyl groups excluding tert-OH is 1. The highest BCUT2D eigenvalue weighted by Gasteiger charge is 2.56. The highest BCUT2D eigenvalue weighted by Crippen LogP contribution is 2.44. The summed E-state index contributed by atoms with van der Waals surface area (Å²) in [7, 11) is 0. The van der Waals surface area contributed by atoms with Crippen molar-refractivity contribution in [1.29, 1.82) is 0 Å². The molecule has 108 valence electrons. The van der Waals surface area contributed by atoms with Gasteiger partial charge in [-0.25, -0.2) is 4.79 Å². The van der Waals surface area contributed by atoms with E-state index < -0.39 is 18.0 Å². The van der Waals surface area contributed by atoms with Crippen LogP contribution >= 0.6 is 11.8 Å². The molecule has 1 amide bonds. The number of nitrogens with zero attached hydrogens (tertiary/aromatic N) is 4. The smallest absolute Gasteiger partial charge is 0.352 e. The van der Waals surface area contributed by atoms with Crippen molar-refractivity contribution in [2.24, 2.45) is 11.0 Å². The lowest BCUT2D eigenvalue weighted by molar-refractivity contribution is -0.161. The van der Waals surface area contributed by atoms with E-state index in [2.05, 4.69) is 10.0 Å². The summed E-state index contributed by atoms with van der Waals surface area (Å²) in [6, 6.07) is -0.260. The van der Waals surface area contributed by atoms with E-state index in [1.807, 2.05) is 0 Å². The molecule has 20 heavy (non-hydrogen) atoms. The average Bonchev–Trinajstić information content (AvgIpc) is 2.69. The van der Waals surface area contributed by atoms with E-state index in [1.54, 1.807) is 0 Å². The van der Waals surface area contributed by atoms with E-state index in [0.29, 0.717) is 17.7 Å². The number of azide groups is 1. The molecule has 0 bridgehead atoms. The number of carbonyl (C=O) groups excluding carboxylic acids is 1. The van der Waals surface area contributed by atoms with E-state index in [0.717, 1.165) is 0 Å². The highest BCUT2D eigenvalue weighted by molar-refractivity contribution is 7.99. The van der Waals surface area contributed by atoms with Crippen LogP contribution in [-0.4, -0.2) is 50.8 Å². The van der Waals surface area contributed by atoms with Crippen LogP contribution in [0.4, 0.5) is 0 Å². The number of hydrogen-bond acceptors (Lipinski definition) is 5. The average molecular weight is 298 g/mol. The molecule has 0 radical (unpaired) electrons. The Bertz CT molecular complexity index is 527. The zero-order chi connectivity index (χ0) is 14.9. The van der Waals surface area contributed by atoms with Crippen LogP contribution in [0.25, 0.3) is 10.4 Å². The molecule has 1 fully saturated rings. The Kier molecular flexibility index (Phi) is 4.22. The van der Waals surface area contributed by atoms with Crippen LogP contribution in [0.1, 0.15) is 13.3 Å². The zero-order valence-corrected chi connectivity index (χ0v) is 11.6. The number of β-lactam (4-membered cyclic amide) rings is 1. The van der Waals surface area contributed by atoms with Crippen molar-refractivity contribution in [2.45, 2.75) is 25.5 Å². The van der Waals surface area contributed by atoms with Gasteiger partial charge in [0, 0.05) is 10.7 Å². The van der Waals surface area contributed by atoms with E-state index in [-0.39, 0.29) is 23.5 Å². The molecule has 3 atom stereocenters. The zero-order valence-electron chi connectivity index (χ0n) is 10.8. The molecule has 2 aliphatic heterocycles. The number of rotatable bonds is 6. The molecule has 2 heterocycles. The summed E-state index contributed by atoms with van der Waals surface area (Å²) in [5.41, 5.74) is 8.85. The lowest BCUT2D eigenvalue weighted by Gasteiger charge is -2.44. The molecule has 0 aromatic rings. The van der Waals surface area contributed by atoms with E-state index in [1.165, 1.54) is 23.6 Å². The maximum Gasteiger partial charge on any atom is 0.352 e. The molecular weight excluding hydrogens is 284 g/mol. The Labute approximate surface area is 119 Å². The van der Waals surface area contributed by atoms with E-state index >= 15 is 0 Å². The first-order valence-electron chi connectivity index (χ1n) is 6.04. The van der Waals surface area contributed by atoms with Gasteiger partial charge in [-0.15, -0.1) is 0 Å². The van der Waals surface area contributed by atoms with Gasteiger partial charge in [0.15, 0.2) is 0 Å². The van der Waals surface area contributed by atoms with Gasteiger partial charge in [0.05, 0.1) is 23.9 Å². The third-order valence-electron chi connectivity index (χ3n) is 3.51. The summed E-state index contributed by atoms with van der Waals surface area (Å²) in [6.07, 6.45) is -0.333. The summed E-state index contributed by atoms with van der Waals surface area (Å²) in [5, 5.41) is 22.2. The molecule has 9 heteroatoms. The lowest BCUT2D eigenvalue weighted by Crippen LogP contribution is -2.61. The molecule has 2 aliphatic rings. The minimum atomic E-state index is -1.13. The first kappa shape index (κ1) is 14.7. The number of aliphatic carboxylic acids is 1. The lowest BCUT2D eigenvalue weighted by atomic mass is 9.83. The van der Waals surface area contributed by atoms with Crippen LogP contribution < -0.4 is 0 Å². The van der Waals surface area contributed by atoms with Gasteiger partial charge in [-0.2, -0.15) is 11.8 Å². The molecule has 1 saturated heterocycles. The predicted octanol–water partition coefficient (Wildman–Crippen LogP) is 0.938. The highest BCUT2D eigenvalue weighted by atomic mass is 32.2. The van der Waals surface area contributed by atoms with Gasteiger partial charge < -0.3 is 15.1 Å². The molecule has 3 unspecified atom stereocenters. The van der Waals surface area contributed by atoms with Gasteiger partial charge in [-0.05, 0) is 24.4 Å². The van der Waals surface area contributed by atoms with Crippen molar-refractivity contribution in [2.75, 3.05) is 11.6 Å². The van der Waals surface area contributed by atoms with Gasteiger partial charge in [0.1, 0.15) is 5.70 Å². The van der Waals surface area contributed by atoms with Gasteiger partial charge in [0.2, 0.25) is 5.91 Å². The maximum atomic E-state index is 11.9. The summed E-state index contributed by atoms with van der Waals surface area (Å²) in [6.45, 7) is 1.54. The molecule has 0 aliphatic carbocycles. The van der Waals surface area contributed by atoms with Crippen LogP contribution in [0.15, 0.2) is 16.4 Å². The predicted molar refractivity (Wildman–Crippen MR) is 71.6 cm³/mol. The number of thioether (sulfide) groups is 1. The minimum absolute atomic E-state index is 0.0188. The van der Waals surface area contributed by atoms with Crippen molar-refractivity contribution < 1.29 is 19.8 Å². The van der Waals surface area contributed by atoms with E-state index in [4.69, 9.17) is 5.53 Å². The quantitative estimate of drug-likeness (QED) is 0.248. The van der Waals surface area contributed by atoms with Gasteiger partial charge in [0.25, 0.3) is 0 Å². The SMILES string of the molecule is CC(O)C1C(=O)N2C(C(=O)O)=C(CSCN=[N+]=[N-])CC12. The fourth-order valence-electron chi connectivity index (χ4n) is 2.73. The Morgan fingerprint density at radius 1 is 1.70 bits per heavy atom. The van der Waals surface area contributed by atoms with Crippen molar-refractivity contribution in [3.05, 3.63) is 21.7 Å². The molecule has 0 aromatic carbocycles. The molecule has 0 aromatic heterocycles. The van der Waals surface area contributed by atoms with Crippen LogP contribution in [0.2, 0.25) is 0 Å². The number of aliphatic hydroxyl groups is 1. The maximum absolute atomic E-state index is 11.9. The number of carbonyl (C=O) groups is 2. The van der Waals surface area contributed by atoms with Crippen molar-refractivity contribution >= 4 is 23.6 Å². The minimum Gasteiger partial charge on any atom is -0.477 e. The summed E-state index contributed by atoms with van der Waals surface area (Å²) in [5.74, 6) is -1.38. The number of carboxylic acid groups (broad SMARTS) is 1. The van der Waals surface area contributed by atoms with Crippen LogP contribution in [0.3, 0.4) is 0 Å². The third kappa shape index (κ3) is 2.35. The third-order valence-corrected chi connectivity index (χ3v) is 4.36. The largest absolute Gasteiger partial charge is 0.477 e. The van der Waals surface area contributed by atoms with Crippen molar-refractivity contribution in [1.82, 2.24) is 4.90 Å². The first-order chi connectivity index (χ1) is 9.49.